The van der Waals surface area contributed by atoms with Crippen molar-refractivity contribution in [3.63, 3.8) is 0 Å². The summed E-state index contributed by atoms with van der Waals surface area (Å²) in [7, 11) is 1.65. The number of pyridine rings is 1. The Bertz CT molecular complexity index is 664. The molecule has 4 nitrogen and oxygen atoms in total. The topological polar surface area (TPSA) is 42.4 Å². The third kappa shape index (κ3) is 4.34. The first kappa shape index (κ1) is 16.5. The number of aromatic nitrogens is 1. The Morgan fingerprint density at radius 3 is 2.62 bits per heavy atom. The monoisotopic (exact) mass is 324 g/mol. The highest BCUT2D eigenvalue weighted by atomic mass is 16.5. The fourth-order valence-corrected chi connectivity index (χ4v) is 3.31. The molecule has 0 aliphatic carbocycles. The number of piperidine rings is 1. The van der Waals surface area contributed by atoms with Crippen LogP contribution < -0.4 is 4.74 Å². The minimum atomic E-state index is 0.214. The van der Waals surface area contributed by atoms with Gasteiger partial charge >= 0.3 is 0 Å². The van der Waals surface area contributed by atoms with Crippen LogP contribution in [0.15, 0.2) is 48.8 Å². The van der Waals surface area contributed by atoms with Gasteiger partial charge in [-0.1, -0.05) is 12.1 Å². The fourth-order valence-electron chi connectivity index (χ4n) is 3.31. The molecule has 0 saturated carbocycles. The number of hydrogen-bond acceptors (Lipinski definition) is 3. The van der Waals surface area contributed by atoms with Crippen molar-refractivity contribution < 1.29 is 9.53 Å². The Balaban J connectivity index is 1.49. The number of nitrogens with zero attached hydrogens (tertiary/aromatic N) is 2. The maximum atomic E-state index is 12.5. The Labute approximate surface area is 143 Å². The number of amides is 1. The summed E-state index contributed by atoms with van der Waals surface area (Å²) in [6.07, 6.45) is 7.38. The number of carbonyl (C=O) groups excluding carboxylic acids is 1. The number of hydrogen-bond donors (Lipinski definition) is 0. The highest BCUT2D eigenvalue weighted by Crippen LogP contribution is 2.22. The van der Waals surface area contributed by atoms with E-state index in [2.05, 4.69) is 17.1 Å². The second-order valence-corrected chi connectivity index (χ2v) is 6.41. The molecule has 1 aromatic carbocycles. The van der Waals surface area contributed by atoms with Crippen molar-refractivity contribution in [2.24, 2.45) is 5.92 Å². The minimum Gasteiger partial charge on any atom is -0.497 e. The summed E-state index contributed by atoms with van der Waals surface area (Å²) in [5, 5.41) is 0. The van der Waals surface area contributed by atoms with Gasteiger partial charge in [0.1, 0.15) is 5.75 Å². The number of rotatable bonds is 5. The van der Waals surface area contributed by atoms with Crippen molar-refractivity contribution in [3.8, 4) is 5.75 Å². The molecule has 24 heavy (non-hydrogen) atoms. The molecule has 0 spiro atoms. The summed E-state index contributed by atoms with van der Waals surface area (Å²) in [6, 6.07) is 11.9. The van der Waals surface area contributed by atoms with Gasteiger partial charge in [-0.2, -0.15) is 0 Å². The van der Waals surface area contributed by atoms with Gasteiger partial charge < -0.3 is 9.64 Å². The Morgan fingerprint density at radius 1 is 1.17 bits per heavy atom. The first-order valence-electron chi connectivity index (χ1n) is 8.54. The van der Waals surface area contributed by atoms with Crippen LogP contribution in [-0.2, 0) is 17.6 Å². The number of carbonyl (C=O) groups is 1. The Kier molecular flexibility index (Phi) is 5.47. The summed E-state index contributed by atoms with van der Waals surface area (Å²) in [5.74, 6) is 1.68. The smallest absolute Gasteiger partial charge is 0.226 e. The quantitative estimate of drug-likeness (QED) is 0.849. The maximum absolute atomic E-state index is 12.5. The van der Waals surface area contributed by atoms with E-state index in [-0.39, 0.29) is 5.91 Å². The molecule has 3 rings (SSSR count). The van der Waals surface area contributed by atoms with Crippen LogP contribution in [0.5, 0.6) is 5.75 Å². The zero-order valence-corrected chi connectivity index (χ0v) is 14.1. The van der Waals surface area contributed by atoms with Crippen molar-refractivity contribution in [1.29, 1.82) is 0 Å². The largest absolute Gasteiger partial charge is 0.497 e. The molecule has 1 aromatic heterocycles. The molecule has 0 N–H and O–H groups in total. The molecular weight excluding hydrogens is 300 g/mol. The van der Waals surface area contributed by atoms with Crippen LogP contribution in [0.25, 0.3) is 0 Å². The van der Waals surface area contributed by atoms with Crippen molar-refractivity contribution in [2.75, 3.05) is 20.2 Å². The predicted octanol–water partition coefficient (Wildman–Crippen LogP) is 3.11. The first-order valence-corrected chi connectivity index (χ1v) is 8.54. The van der Waals surface area contributed by atoms with Crippen LogP contribution in [0.3, 0.4) is 0 Å². The van der Waals surface area contributed by atoms with Crippen LogP contribution in [0.1, 0.15) is 24.0 Å². The summed E-state index contributed by atoms with van der Waals surface area (Å²) in [4.78, 5) is 18.6. The van der Waals surface area contributed by atoms with Crippen molar-refractivity contribution in [3.05, 3.63) is 59.9 Å². The molecule has 2 aromatic rings. The lowest BCUT2D eigenvalue weighted by molar-refractivity contribution is -0.131. The average Bonchev–Trinajstić information content (AvgIpc) is 2.63. The van der Waals surface area contributed by atoms with E-state index in [1.807, 2.05) is 41.6 Å². The molecular formula is C20H24N2O2. The summed E-state index contributed by atoms with van der Waals surface area (Å²) >= 11 is 0. The molecule has 1 aliphatic rings. The molecule has 0 unspecified atom stereocenters. The van der Waals surface area contributed by atoms with Gasteiger partial charge in [0.15, 0.2) is 0 Å². The molecule has 4 heteroatoms. The molecule has 1 amide bonds. The average molecular weight is 324 g/mol. The molecule has 1 fully saturated rings. The van der Waals surface area contributed by atoms with E-state index in [4.69, 9.17) is 4.74 Å². The van der Waals surface area contributed by atoms with Gasteiger partial charge in [-0.15, -0.1) is 0 Å². The van der Waals surface area contributed by atoms with Crippen LogP contribution in [0, 0.1) is 5.92 Å². The van der Waals surface area contributed by atoms with Gasteiger partial charge in [-0.25, -0.2) is 0 Å². The zero-order valence-electron chi connectivity index (χ0n) is 14.1. The van der Waals surface area contributed by atoms with Gasteiger partial charge in [0.25, 0.3) is 0 Å². The normalized spacial score (nSPS) is 15.3. The highest BCUT2D eigenvalue weighted by Gasteiger charge is 2.23. The minimum absolute atomic E-state index is 0.214. The zero-order chi connectivity index (χ0) is 16.8. The lowest BCUT2D eigenvalue weighted by Crippen LogP contribution is -2.39. The highest BCUT2D eigenvalue weighted by molar-refractivity contribution is 5.79. The van der Waals surface area contributed by atoms with E-state index in [0.717, 1.165) is 43.7 Å². The molecule has 1 aliphatic heterocycles. The Morgan fingerprint density at radius 2 is 1.92 bits per heavy atom. The van der Waals surface area contributed by atoms with Crippen molar-refractivity contribution in [1.82, 2.24) is 9.88 Å². The first-order chi connectivity index (χ1) is 11.7. The van der Waals surface area contributed by atoms with E-state index in [0.29, 0.717) is 12.3 Å². The van der Waals surface area contributed by atoms with Crippen molar-refractivity contribution >= 4 is 5.91 Å². The number of benzene rings is 1. The van der Waals surface area contributed by atoms with E-state index in [1.54, 1.807) is 7.11 Å². The molecule has 2 heterocycles. The predicted molar refractivity (Wildman–Crippen MR) is 93.9 cm³/mol. The van der Waals surface area contributed by atoms with Gasteiger partial charge in [0.05, 0.1) is 13.5 Å². The van der Waals surface area contributed by atoms with E-state index in [9.17, 15) is 4.79 Å². The summed E-state index contributed by atoms with van der Waals surface area (Å²) in [6.45, 7) is 1.72. The molecule has 126 valence electrons. The molecule has 0 radical (unpaired) electrons. The van der Waals surface area contributed by atoms with Gasteiger partial charge in [0, 0.05) is 25.5 Å². The van der Waals surface area contributed by atoms with Gasteiger partial charge in [-0.05, 0) is 60.6 Å². The van der Waals surface area contributed by atoms with Crippen LogP contribution in [0.4, 0.5) is 0 Å². The second kappa shape index (κ2) is 7.95. The van der Waals surface area contributed by atoms with Crippen LogP contribution in [-0.4, -0.2) is 36.0 Å². The molecule has 1 saturated heterocycles. The van der Waals surface area contributed by atoms with E-state index in [1.165, 1.54) is 5.56 Å². The number of ether oxygens (including phenoxy) is 1. The van der Waals surface area contributed by atoms with E-state index >= 15 is 0 Å². The summed E-state index contributed by atoms with van der Waals surface area (Å²) < 4.78 is 5.22. The summed E-state index contributed by atoms with van der Waals surface area (Å²) in [5.41, 5.74) is 2.35. The third-order valence-electron chi connectivity index (χ3n) is 4.73. The maximum Gasteiger partial charge on any atom is 0.226 e. The Hall–Kier alpha value is -2.36. The SMILES string of the molecule is COc1cccc(CC(=O)N2CCC(Cc3ccncc3)CC2)c1. The van der Waals surface area contributed by atoms with Crippen LogP contribution in [0.2, 0.25) is 0 Å². The van der Waals surface area contributed by atoms with E-state index < -0.39 is 0 Å². The number of methoxy groups -OCH3 is 1. The molecule has 0 bridgehead atoms. The lowest BCUT2D eigenvalue weighted by atomic mass is 9.90. The third-order valence-corrected chi connectivity index (χ3v) is 4.73. The number of likely N-dealkylation sites (tertiary alicyclic amines) is 1. The standard InChI is InChI=1S/C20H24N2O2/c1-24-19-4-2-3-18(14-19)15-20(23)22-11-7-17(8-12-22)13-16-5-9-21-10-6-16/h2-6,9-10,14,17H,7-8,11-13,15H2,1H3. The van der Waals surface area contributed by atoms with Gasteiger partial charge in [-0.3, -0.25) is 9.78 Å². The van der Waals surface area contributed by atoms with Gasteiger partial charge in [0.2, 0.25) is 5.91 Å². The van der Waals surface area contributed by atoms with Crippen molar-refractivity contribution in [2.45, 2.75) is 25.7 Å². The van der Waals surface area contributed by atoms with Crippen LogP contribution >= 0.6 is 0 Å². The fraction of sp³-hybridized carbons (Fsp3) is 0.400. The molecule has 0 atom stereocenters. The lowest BCUT2D eigenvalue weighted by Gasteiger charge is -2.32. The second-order valence-electron chi connectivity index (χ2n) is 6.41.